The zero-order valence-electron chi connectivity index (χ0n) is 14.9. The minimum Gasteiger partial charge on any atom is -0.268 e. The van der Waals surface area contributed by atoms with Crippen molar-refractivity contribution in [2.24, 2.45) is 5.92 Å². The maximum Gasteiger partial charge on any atom is 0.267 e. The summed E-state index contributed by atoms with van der Waals surface area (Å²) in [5, 5.41) is 11.1. The van der Waals surface area contributed by atoms with Gasteiger partial charge in [0.05, 0.1) is 23.1 Å². The van der Waals surface area contributed by atoms with Gasteiger partial charge in [0.15, 0.2) is 5.16 Å². The molecule has 1 aliphatic rings. The monoisotopic (exact) mass is 415 g/mol. The summed E-state index contributed by atoms with van der Waals surface area (Å²) in [5.74, 6) is 0.477. The maximum atomic E-state index is 13.5. The molecule has 4 nitrogen and oxygen atoms in total. The van der Waals surface area contributed by atoms with Crippen LogP contribution >= 0.6 is 34.7 Å². The van der Waals surface area contributed by atoms with Gasteiger partial charge in [-0.3, -0.25) is 9.36 Å². The zero-order chi connectivity index (χ0) is 19.0. The van der Waals surface area contributed by atoms with E-state index >= 15 is 0 Å². The van der Waals surface area contributed by atoms with Crippen LogP contribution in [0.25, 0.3) is 15.9 Å². The Hall–Kier alpha value is -1.81. The Bertz CT molecular complexity index is 1100. The SMILES string of the molecule is C[C@H](C#N)CSc1nc2sc3c(c2c(=O)n1-c1ccc(Cl)cc1)CCCC3. The third-order valence-corrected chi connectivity index (χ3v) is 7.36. The fourth-order valence-electron chi connectivity index (χ4n) is 3.34. The van der Waals surface area contributed by atoms with Gasteiger partial charge in [0.2, 0.25) is 0 Å². The minimum atomic E-state index is -0.113. The Kier molecular flexibility index (Phi) is 5.27. The van der Waals surface area contributed by atoms with Gasteiger partial charge in [-0.2, -0.15) is 5.26 Å². The second-order valence-corrected chi connectivity index (χ2v) is 9.25. The Labute approximate surface area is 170 Å². The van der Waals surface area contributed by atoms with Crippen LogP contribution in [0.15, 0.2) is 34.2 Å². The predicted octanol–water partition coefficient (Wildman–Crippen LogP) is 5.23. The van der Waals surface area contributed by atoms with Crippen molar-refractivity contribution in [2.45, 2.75) is 37.8 Å². The Morgan fingerprint density at radius 1 is 1.33 bits per heavy atom. The normalized spacial score (nSPS) is 14.7. The predicted molar refractivity (Wildman–Crippen MR) is 112 cm³/mol. The van der Waals surface area contributed by atoms with E-state index in [1.165, 1.54) is 28.6 Å². The van der Waals surface area contributed by atoms with E-state index in [0.717, 1.165) is 35.2 Å². The molecule has 138 valence electrons. The van der Waals surface area contributed by atoms with Crippen LogP contribution in [0.1, 0.15) is 30.2 Å². The first-order chi connectivity index (χ1) is 13.1. The van der Waals surface area contributed by atoms with Gasteiger partial charge < -0.3 is 0 Å². The van der Waals surface area contributed by atoms with Crippen LogP contribution in [0.4, 0.5) is 0 Å². The van der Waals surface area contributed by atoms with Crippen molar-refractivity contribution in [1.82, 2.24) is 9.55 Å². The molecule has 1 atom stereocenters. The van der Waals surface area contributed by atoms with E-state index in [1.807, 2.05) is 19.1 Å². The molecule has 27 heavy (non-hydrogen) atoms. The summed E-state index contributed by atoms with van der Waals surface area (Å²) in [6.07, 6.45) is 4.28. The molecule has 0 unspecified atom stereocenters. The summed E-state index contributed by atoms with van der Waals surface area (Å²) in [6, 6.07) is 9.49. The van der Waals surface area contributed by atoms with Crippen molar-refractivity contribution in [1.29, 1.82) is 5.26 Å². The van der Waals surface area contributed by atoms with E-state index in [1.54, 1.807) is 28.0 Å². The quantitative estimate of drug-likeness (QED) is 0.432. The lowest BCUT2D eigenvalue weighted by molar-refractivity contribution is 0.699. The summed E-state index contributed by atoms with van der Waals surface area (Å²) in [4.78, 5) is 20.5. The van der Waals surface area contributed by atoms with Crippen molar-refractivity contribution in [3.63, 3.8) is 0 Å². The molecule has 0 saturated heterocycles. The van der Waals surface area contributed by atoms with Gasteiger partial charge in [0.1, 0.15) is 4.83 Å². The Morgan fingerprint density at radius 3 is 2.81 bits per heavy atom. The van der Waals surface area contributed by atoms with Gasteiger partial charge >= 0.3 is 0 Å². The van der Waals surface area contributed by atoms with Crippen LogP contribution in [0.3, 0.4) is 0 Å². The number of hydrogen-bond acceptors (Lipinski definition) is 5. The largest absolute Gasteiger partial charge is 0.268 e. The third kappa shape index (κ3) is 3.52. The lowest BCUT2D eigenvalue weighted by atomic mass is 9.97. The Morgan fingerprint density at radius 2 is 2.07 bits per heavy atom. The van der Waals surface area contributed by atoms with Gasteiger partial charge in [0, 0.05) is 15.7 Å². The van der Waals surface area contributed by atoms with Crippen LogP contribution in [-0.2, 0) is 12.8 Å². The van der Waals surface area contributed by atoms with Crippen LogP contribution in [-0.4, -0.2) is 15.3 Å². The van der Waals surface area contributed by atoms with Crippen LogP contribution in [0.2, 0.25) is 5.02 Å². The van der Waals surface area contributed by atoms with Gasteiger partial charge in [-0.15, -0.1) is 11.3 Å². The molecule has 0 amide bonds. The summed E-state index contributed by atoms with van der Waals surface area (Å²) < 4.78 is 1.68. The van der Waals surface area contributed by atoms with Crippen LogP contribution in [0.5, 0.6) is 0 Å². The summed E-state index contributed by atoms with van der Waals surface area (Å²) in [5.41, 5.74) is 1.92. The molecule has 0 fully saturated rings. The highest BCUT2D eigenvalue weighted by molar-refractivity contribution is 7.99. The highest BCUT2D eigenvalue weighted by Crippen LogP contribution is 2.35. The number of halogens is 1. The molecular weight excluding hydrogens is 398 g/mol. The highest BCUT2D eigenvalue weighted by atomic mass is 35.5. The second-order valence-electron chi connectivity index (χ2n) is 6.74. The molecule has 3 aromatic rings. The number of hydrogen-bond donors (Lipinski definition) is 0. The number of nitriles is 1. The van der Waals surface area contributed by atoms with E-state index < -0.39 is 0 Å². The fraction of sp³-hybridized carbons (Fsp3) is 0.350. The molecular formula is C20H18ClN3OS2. The second kappa shape index (κ2) is 7.67. The van der Waals surface area contributed by atoms with Crippen molar-refractivity contribution < 1.29 is 0 Å². The molecule has 0 N–H and O–H groups in total. The molecule has 2 heterocycles. The number of thiophene rings is 1. The van der Waals surface area contributed by atoms with E-state index in [9.17, 15) is 4.79 Å². The average Bonchev–Trinajstić information content (AvgIpc) is 3.05. The first-order valence-corrected chi connectivity index (χ1v) is 11.1. The van der Waals surface area contributed by atoms with Crippen molar-refractivity contribution >= 4 is 44.9 Å². The van der Waals surface area contributed by atoms with Crippen molar-refractivity contribution in [2.75, 3.05) is 5.75 Å². The average molecular weight is 416 g/mol. The fourth-order valence-corrected chi connectivity index (χ4v) is 5.72. The van der Waals surface area contributed by atoms with Crippen LogP contribution in [0, 0.1) is 17.2 Å². The summed E-state index contributed by atoms with van der Waals surface area (Å²) in [6.45, 7) is 1.88. The number of fused-ring (bicyclic) bond motifs is 3. The van der Waals surface area contributed by atoms with Gasteiger partial charge in [-0.05, 0) is 62.4 Å². The topological polar surface area (TPSA) is 58.7 Å². The number of aromatic nitrogens is 2. The number of thioether (sulfide) groups is 1. The molecule has 1 aliphatic carbocycles. The van der Waals surface area contributed by atoms with E-state index in [0.29, 0.717) is 15.9 Å². The number of rotatable bonds is 4. The van der Waals surface area contributed by atoms with E-state index in [2.05, 4.69) is 6.07 Å². The first kappa shape index (κ1) is 18.5. The molecule has 0 saturated carbocycles. The molecule has 4 rings (SSSR count). The van der Waals surface area contributed by atoms with E-state index in [-0.39, 0.29) is 11.5 Å². The maximum absolute atomic E-state index is 13.5. The number of nitrogens with zero attached hydrogens (tertiary/aromatic N) is 3. The van der Waals surface area contributed by atoms with Crippen LogP contribution < -0.4 is 5.56 Å². The molecule has 1 aromatic carbocycles. The van der Waals surface area contributed by atoms with Crippen molar-refractivity contribution in [3.8, 4) is 11.8 Å². The van der Waals surface area contributed by atoms with Crippen molar-refractivity contribution in [3.05, 3.63) is 50.1 Å². The van der Waals surface area contributed by atoms with E-state index in [4.69, 9.17) is 21.8 Å². The lowest BCUT2D eigenvalue weighted by Gasteiger charge is -2.14. The van der Waals surface area contributed by atoms with Gasteiger partial charge in [-0.1, -0.05) is 23.4 Å². The zero-order valence-corrected chi connectivity index (χ0v) is 17.3. The molecule has 0 spiro atoms. The lowest BCUT2D eigenvalue weighted by Crippen LogP contribution is -2.22. The number of benzene rings is 1. The summed E-state index contributed by atoms with van der Waals surface area (Å²) >= 11 is 9.14. The Balaban J connectivity index is 1.93. The third-order valence-electron chi connectivity index (χ3n) is 4.73. The first-order valence-electron chi connectivity index (χ1n) is 8.94. The summed E-state index contributed by atoms with van der Waals surface area (Å²) in [7, 11) is 0. The number of aryl methyl sites for hydroxylation is 2. The standard InChI is InChI=1S/C20H18ClN3OS2/c1-12(10-22)11-26-20-23-18-17(15-4-2-3-5-16(15)27-18)19(25)24(20)14-8-6-13(21)7-9-14/h6-9,12H,2-5,11H2,1H3/t12-/m1/s1. The highest BCUT2D eigenvalue weighted by Gasteiger charge is 2.23. The molecule has 0 radical (unpaired) electrons. The molecule has 7 heteroatoms. The van der Waals surface area contributed by atoms with Gasteiger partial charge in [-0.25, -0.2) is 4.98 Å². The van der Waals surface area contributed by atoms with Gasteiger partial charge in [0.25, 0.3) is 5.56 Å². The minimum absolute atomic E-state index is 0.0196. The smallest absolute Gasteiger partial charge is 0.267 e. The molecule has 2 aromatic heterocycles. The molecule has 0 aliphatic heterocycles. The molecule has 0 bridgehead atoms.